The molecule has 2 aliphatic rings. The number of hydrogen-bond acceptors (Lipinski definition) is 3. The molecule has 0 aromatic carbocycles. The summed E-state index contributed by atoms with van der Waals surface area (Å²) in [6.45, 7) is 7.52. The second-order valence-corrected chi connectivity index (χ2v) is 5.39. The number of morpholine rings is 1. The van der Waals surface area contributed by atoms with Crippen LogP contribution in [0.2, 0.25) is 0 Å². The Labute approximate surface area is 97.3 Å². The van der Waals surface area contributed by atoms with Gasteiger partial charge in [-0.15, -0.1) is 0 Å². The molecule has 4 heteroatoms. The Morgan fingerprint density at radius 3 is 2.94 bits per heavy atom. The molecule has 2 saturated heterocycles. The van der Waals surface area contributed by atoms with E-state index in [0.717, 1.165) is 32.5 Å². The summed E-state index contributed by atoms with van der Waals surface area (Å²) >= 11 is 0. The summed E-state index contributed by atoms with van der Waals surface area (Å²) in [5.41, 5.74) is 0.0482. The predicted molar refractivity (Wildman–Crippen MR) is 62.3 cm³/mol. The van der Waals surface area contributed by atoms with Crippen molar-refractivity contribution in [3.8, 4) is 0 Å². The first-order chi connectivity index (χ1) is 7.59. The zero-order valence-corrected chi connectivity index (χ0v) is 10.3. The second kappa shape index (κ2) is 4.72. The van der Waals surface area contributed by atoms with Gasteiger partial charge in [-0.05, 0) is 26.7 Å². The third kappa shape index (κ3) is 2.55. The minimum absolute atomic E-state index is 0.0482. The molecule has 2 aliphatic heterocycles. The summed E-state index contributed by atoms with van der Waals surface area (Å²) in [4.78, 5) is 14.2. The van der Waals surface area contributed by atoms with E-state index in [1.807, 2.05) is 4.90 Å². The summed E-state index contributed by atoms with van der Waals surface area (Å²) in [6.07, 6.45) is 2.82. The zero-order chi connectivity index (χ0) is 11.6. The highest BCUT2D eigenvalue weighted by Gasteiger charge is 2.35. The molecule has 0 aromatic rings. The first-order valence-corrected chi connectivity index (χ1v) is 6.21. The van der Waals surface area contributed by atoms with Gasteiger partial charge in [0.05, 0.1) is 13.2 Å². The standard InChI is InChI=1S/C12H22N2O2/c1-12(2)4-3-6-14(12)11(15)8-10-9-16-7-5-13-10/h10,13H,3-9H2,1-2H3. The number of carbonyl (C=O) groups excluding carboxylic acids is 1. The molecule has 1 unspecified atom stereocenters. The summed E-state index contributed by atoms with van der Waals surface area (Å²) in [5.74, 6) is 0.269. The number of rotatable bonds is 2. The molecule has 0 saturated carbocycles. The van der Waals surface area contributed by atoms with Crippen LogP contribution in [-0.4, -0.2) is 48.7 Å². The average molecular weight is 226 g/mol. The normalized spacial score (nSPS) is 29.4. The van der Waals surface area contributed by atoms with Gasteiger partial charge in [0.15, 0.2) is 0 Å². The maximum atomic E-state index is 12.2. The van der Waals surface area contributed by atoms with Crippen LogP contribution in [0.3, 0.4) is 0 Å². The van der Waals surface area contributed by atoms with E-state index in [1.54, 1.807) is 0 Å². The lowest BCUT2D eigenvalue weighted by Gasteiger charge is -2.33. The van der Waals surface area contributed by atoms with E-state index in [0.29, 0.717) is 13.0 Å². The maximum Gasteiger partial charge on any atom is 0.224 e. The Bertz CT molecular complexity index is 260. The zero-order valence-electron chi connectivity index (χ0n) is 10.3. The van der Waals surface area contributed by atoms with Crippen molar-refractivity contribution in [2.24, 2.45) is 0 Å². The van der Waals surface area contributed by atoms with Crippen molar-refractivity contribution in [2.45, 2.75) is 44.7 Å². The molecule has 1 amide bonds. The van der Waals surface area contributed by atoms with Crippen LogP contribution in [0.25, 0.3) is 0 Å². The molecule has 0 spiro atoms. The van der Waals surface area contributed by atoms with Gasteiger partial charge in [-0.25, -0.2) is 0 Å². The van der Waals surface area contributed by atoms with Crippen molar-refractivity contribution in [2.75, 3.05) is 26.3 Å². The van der Waals surface area contributed by atoms with Gasteiger partial charge in [0.1, 0.15) is 0 Å². The summed E-state index contributed by atoms with van der Waals surface area (Å²) < 4.78 is 5.36. The Morgan fingerprint density at radius 2 is 2.38 bits per heavy atom. The van der Waals surface area contributed by atoms with Gasteiger partial charge in [0.2, 0.25) is 5.91 Å². The third-order valence-corrected chi connectivity index (χ3v) is 3.62. The lowest BCUT2D eigenvalue weighted by Crippen LogP contribution is -2.48. The van der Waals surface area contributed by atoms with Crippen molar-refractivity contribution in [1.82, 2.24) is 10.2 Å². The van der Waals surface area contributed by atoms with Crippen molar-refractivity contribution in [1.29, 1.82) is 0 Å². The third-order valence-electron chi connectivity index (χ3n) is 3.62. The van der Waals surface area contributed by atoms with E-state index >= 15 is 0 Å². The van der Waals surface area contributed by atoms with E-state index in [1.165, 1.54) is 0 Å². The topological polar surface area (TPSA) is 41.6 Å². The largest absolute Gasteiger partial charge is 0.378 e. The molecule has 1 atom stereocenters. The lowest BCUT2D eigenvalue weighted by molar-refractivity contribution is -0.135. The maximum absolute atomic E-state index is 12.2. The van der Waals surface area contributed by atoms with Crippen LogP contribution in [0, 0.1) is 0 Å². The van der Waals surface area contributed by atoms with E-state index in [4.69, 9.17) is 4.74 Å². The fourth-order valence-corrected chi connectivity index (χ4v) is 2.64. The summed E-state index contributed by atoms with van der Waals surface area (Å²) in [7, 11) is 0. The van der Waals surface area contributed by atoms with Gasteiger partial charge in [-0.2, -0.15) is 0 Å². The molecule has 0 bridgehead atoms. The van der Waals surface area contributed by atoms with Gasteiger partial charge >= 0.3 is 0 Å². The fraction of sp³-hybridized carbons (Fsp3) is 0.917. The van der Waals surface area contributed by atoms with Gasteiger partial charge < -0.3 is 15.0 Å². The summed E-state index contributed by atoms with van der Waals surface area (Å²) in [5, 5.41) is 3.33. The monoisotopic (exact) mass is 226 g/mol. The minimum atomic E-state index is 0.0482. The molecule has 4 nitrogen and oxygen atoms in total. The van der Waals surface area contributed by atoms with Crippen molar-refractivity contribution >= 4 is 5.91 Å². The van der Waals surface area contributed by atoms with E-state index in [2.05, 4.69) is 19.2 Å². The molecule has 1 N–H and O–H groups in total. The number of carbonyl (C=O) groups is 1. The Kier molecular flexibility index (Phi) is 3.50. The van der Waals surface area contributed by atoms with Crippen LogP contribution >= 0.6 is 0 Å². The number of likely N-dealkylation sites (tertiary alicyclic amines) is 1. The van der Waals surface area contributed by atoms with Crippen molar-refractivity contribution in [3.05, 3.63) is 0 Å². The predicted octanol–water partition coefficient (Wildman–Crippen LogP) is 0.766. The fourth-order valence-electron chi connectivity index (χ4n) is 2.64. The smallest absolute Gasteiger partial charge is 0.224 e. The molecule has 0 aliphatic carbocycles. The Balaban J connectivity index is 1.87. The first-order valence-electron chi connectivity index (χ1n) is 6.21. The molecule has 16 heavy (non-hydrogen) atoms. The number of amides is 1. The second-order valence-electron chi connectivity index (χ2n) is 5.39. The number of nitrogens with one attached hydrogen (secondary N) is 1. The van der Waals surface area contributed by atoms with Crippen LogP contribution in [0.15, 0.2) is 0 Å². The molecule has 2 heterocycles. The molecule has 0 aromatic heterocycles. The van der Waals surface area contributed by atoms with Gasteiger partial charge in [0.25, 0.3) is 0 Å². The molecule has 0 radical (unpaired) electrons. The SMILES string of the molecule is CC1(C)CCCN1C(=O)CC1COCCN1. The van der Waals surface area contributed by atoms with Gasteiger partial charge in [0, 0.05) is 31.1 Å². The van der Waals surface area contributed by atoms with Crippen molar-refractivity contribution < 1.29 is 9.53 Å². The van der Waals surface area contributed by atoms with Crippen LogP contribution in [0.5, 0.6) is 0 Å². The highest BCUT2D eigenvalue weighted by Crippen LogP contribution is 2.28. The molecular formula is C12H22N2O2. The van der Waals surface area contributed by atoms with Crippen molar-refractivity contribution in [3.63, 3.8) is 0 Å². The van der Waals surface area contributed by atoms with Crippen LogP contribution in [0.4, 0.5) is 0 Å². The van der Waals surface area contributed by atoms with Crippen LogP contribution < -0.4 is 5.32 Å². The Morgan fingerprint density at radius 1 is 1.56 bits per heavy atom. The average Bonchev–Trinajstić information content (AvgIpc) is 2.59. The number of ether oxygens (including phenoxy) is 1. The number of hydrogen-bond donors (Lipinski definition) is 1. The lowest BCUT2D eigenvalue weighted by atomic mass is 10.0. The highest BCUT2D eigenvalue weighted by molar-refractivity contribution is 5.78. The molecule has 2 fully saturated rings. The first kappa shape index (κ1) is 11.9. The summed E-state index contributed by atoms with van der Waals surface area (Å²) in [6, 6.07) is 0.206. The van der Waals surface area contributed by atoms with Gasteiger partial charge in [-0.3, -0.25) is 4.79 Å². The van der Waals surface area contributed by atoms with Crippen LogP contribution in [-0.2, 0) is 9.53 Å². The molecular weight excluding hydrogens is 204 g/mol. The quantitative estimate of drug-likeness (QED) is 0.756. The van der Waals surface area contributed by atoms with Gasteiger partial charge in [-0.1, -0.05) is 0 Å². The minimum Gasteiger partial charge on any atom is -0.378 e. The van der Waals surface area contributed by atoms with Crippen LogP contribution in [0.1, 0.15) is 33.1 Å². The number of nitrogens with zero attached hydrogens (tertiary/aromatic N) is 1. The van der Waals surface area contributed by atoms with E-state index in [-0.39, 0.29) is 17.5 Å². The highest BCUT2D eigenvalue weighted by atomic mass is 16.5. The van der Waals surface area contributed by atoms with E-state index in [9.17, 15) is 4.79 Å². The molecule has 2 rings (SSSR count). The van der Waals surface area contributed by atoms with E-state index < -0.39 is 0 Å². The Hall–Kier alpha value is -0.610. The molecule has 92 valence electrons.